The van der Waals surface area contributed by atoms with Gasteiger partial charge in [0.1, 0.15) is 6.04 Å². The molecule has 1 unspecified atom stereocenters. The van der Waals surface area contributed by atoms with Crippen molar-refractivity contribution in [3.8, 4) is 5.88 Å². The van der Waals surface area contributed by atoms with Crippen molar-refractivity contribution in [3.63, 3.8) is 0 Å². The predicted molar refractivity (Wildman–Crippen MR) is 105 cm³/mol. The van der Waals surface area contributed by atoms with Gasteiger partial charge in [-0.15, -0.1) is 10.2 Å². The van der Waals surface area contributed by atoms with Crippen molar-refractivity contribution in [2.75, 3.05) is 0 Å². The molecule has 4 rings (SSSR count). The Bertz CT molecular complexity index is 1300. The normalized spacial score (nSPS) is 12.8. The molecule has 0 aliphatic carbocycles. The monoisotopic (exact) mass is 375 g/mol. The Kier molecular flexibility index (Phi) is 4.23. The van der Waals surface area contributed by atoms with E-state index < -0.39 is 11.9 Å². The van der Waals surface area contributed by atoms with Crippen molar-refractivity contribution in [2.45, 2.75) is 19.9 Å². The van der Waals surface area contributed by atoms with Gasteiger partial charge < -0.3 is 10.1 Å². The molecular weight excluding hydrogens is 358 g/mol. The van der Waals surface area contributed by atoms with E-state index in [1.54, 1.807) is 31.2 Å². The molecule has 0 aliphatic rings. The van der Waals surface area contributed by atoms with Crippen molar-refractivity contribution >= 4 is 33.4 Å². The summed E-state index contributed by atoms with van der Waals surface area (Å²) in [5.41, 5.74) is 2.09. The number of azo groups is 1. The molecule has 4 aromatic rings. The van der Waals surface area contributed by atoms with Crippen molar-refractivity contribution in [3.05, 3.63) is 64.7 Å². The third kappa shape index (κ3) is 2.94. The summed E-state index contributed by atoms with van der Waals surface area (Å²) in [5, 5.41) is 18.8. The summed E-state index contributed by atoms with van der Waals surface area (Å²) >= 11 is 0. The van der Waals surface area contributed by atoms with Crippen LogP contribution in [-0.4, -0.2) is 25.5 Å². The highest BCUT2D eigenvalue weighted by Gasteiger charge is 2.18. The first-order valence-electron chi connectivity index (χ1n) is 8.68. The van der Waals surface area contributed by atoms with Gasteiger partial charge in [-0.3, -0.25) is 14.2 Å². The van der Waals surface area contributed by atoms with Crippen LogP contribution in [0.25, 0.3) is 21.8 Å². The van der Waals surface area contributed by atoms with Crippen LogP contribution in [0.2, 0.25) is 0 Å². The molecule has 1 amide bonds. The maximum atomic E-state index is 12.6. The summed E-state index contributed by atoms with van der Waals surface area (Å²) in [6.45, 7) is 3.47. The van der Waals surface area contributed by atoms with E-state index in [4.69, 9.17) is 0 Å². The SMILES string of the molecule is Cc1ccc2[nH]c(O)c(N=NC(=O)C(C)n3cnc4ccccc4c3=O)c2c1. The number of amides is 1. The molecule has 0 bridgehead atoms. The number of hydrogen-bond donors (Lipinski definition) is 2. The molecule has 8 heteroatoms. The molecule has 2 heterocycles. The first-order chi connectivity index (χ1) is 13.5. The number of aromatic amines is 1. The number of hydrogen-bond acceptors (Lipinski definition) is 5. The van der Waals surface area contributed by atoms with Gasteiger partial charge in [-0.25, -0.2) is 4.98 Å². The second kappa shape index (κ2) is 6.73. The number of H-pyrrole nitrogens is 1. The van der Waals surface area contributed by atoms with Crippen LogP contribution in [-0.2, 0) is 4.79 Å². The summed E-state index contributed by atoms with van der Waals surface area (Å²) in [5.74, 6) is -0.796. The van der Waals surface area contributed by atoms with E-state index in [1.807, 2.05) is 25.1 Å². The maximum absolute atomic E-state index is 12.6. The van der Waals surface area contributed by atoms with Crippen LogP contribution in [0.5, 0.6) is 5.88 Å². The molecule has 0 aliphatic heterocycles. The molecule has 140 valence electrons. The third-order valence-corrected chi connectivity index (χ3v) is 4.62. The minimum Gasteiger partial charge on any atom is -0.493 e. The van der Waals surface area contributed by atoms with Crippen LogP contribution in [0.3, 0.4) is 0 Å². The van der Waals surface area contributed by atoms with Gasteiger partial charge in [0, 0.05) is 5.39 Å². The van der Waals surface area contributed by atoms with Crippen LogP contribution in [0.1, 0.15) is 18.5 Å². The molecule has 2 N–H and O–H groups in total. The number of nitrogens with zero attached hydrogens (tertiary/aromatic N) is 4. The fraction of sp³-hybridized carbons (Fsp3) is 0.150. The summed E-state index contributed by atoms with van der Waals surface area (Å²) < 4.78 is 1.23. The van der Waals surface area contributed by atoms with E-state index in [0.29, 0.717) is 21.8 Å². The van der Waals surface area contributed by atoms with Gasteiger partial charge in [-0.05, 0) is 38.1 Å². The average Bonchev–Trinajstić information content (AvgIpc) is 3.00. The number of para-hydroxylation sites is 1. The Labute approximate surface area is 159 Å². The average molecular weight is 375 g/mol. The molecule has 0 saturated carbocycles. The van der Waals surface area contributed by atoms with Gasteiger partial charge in [0.25, 0.3) is 11.5 Å². The zero-order valence-corrected chi connectivity index (χ0v) is 15.2. The first-order valence-corrected chi connectivity index (χ1v) is 8.68. The van der Waals surface area contributed by atoms with E-state index in [1.165, 1.54) is 10.9 Å². The van der Waals surface area contributed by atoms with E-state index in [9.17, 15) is 14.7 Å². The summed E-state index contributed by atoms with van der Waals surface area (Å²) in [4.78, 5) is 32.1. The second-order valence-electron chi connectivity index (χ2n) is 6.56. The third-order valence-electron chi connectivity index (χ3n) is 4.62. The molecule has 1 atom stereocenters. The number of carbonyl (C=O) groups excluding carboxylic acids is 1. The van der Waals surface area contributed by atoms with Crippen molar-refractivity contribution in [1.82, 2.24) is 14.5 Å². The van der Waals surface area contributed by atoms with Crippen LogP contribution >= 0.6 is 0 Å². The van der Waals surface area contributed by atoms with E-state index in [0.717, 1.165) is 5.56 Å². The van der Waals surface area contributed by atoms with Crippen LogP contribution in [0.4, 0.5) is 5.69 Å². The van der Waals surface area contributed by atoms with E-state index in [2.05, 4.69) is 20.2 Å². The predicted octanol–water partition coefficient (Wildman–Crippen LogP) is 3.76. The Hall–Kier alpha value is -3.81. The number of benzene rings is 2. The number of aryl methyl sites for hydroxylation is 1. The zero-order valence-electron chi connectivity index (χ0n) is 15.2. The molecule has 2 aromatic heterocycles. The van der Waals surface area contributed by atoms with Gasteiger partial charge >= 0.3 is 0 Å². The Morgan fingerprint density at radius 2 is 2.00 bits per heavy atom. The summed E-state index contributed by atoms with van der Waals surface area (Å²) in [6.07, 6.45) is 1.33. The number of fused-ring (bicyclic) bond motifs is 2. The van der Waals surface area contributed by atoms with Crippen LogP contribution in [0.15, 0.2) is 63.8 Å². The quantitative estimate of drug-likeness (QED) is 0.531. The van der Waals surface area contributed by atoms with Gasteiger partial charge in [-0.2, -0.15) is 0 Å². The highest BCUT2D eigenvalue weighted by molar-refractivity contribution is 5.95. The first kappa shape index (κ1) is 17.6. The number of rotatable bonds is 3. The number of nitrogens with one attached hydrogen (secondary N) is 1. The lowest BCUT2D eigenvalue weighted by atomic mass is 10.1. The lowest BCUT2D eigenvalue weighted by Crippen LogP contribution is -2.27. The van der Waals surface area contributed by atoms with E-state index in [-0.39, 0.29) is 17.1 Å². The highest BCUT2D eigenvalue weighted by atomic mass is 16.3. The van der Waals surface area contributed by atoms with Gasteiger partial charge in [-0.1, -0.05) is 23.8 Å². The van der Waals surface area contributed by atoms with Gasteiger partial charge in [0.2, 0.25) is 5.88 Å². The van der Waals surface area contributed by atoms with Gasteiger partial charge in [0.05, 0.1) is 22.7 Å². The minimum absolute atomic E-state index is 0.172. The summed E-state index contributed by atoms with van der Waals surface area (Å²) in [6, 6.07) is 11.6. The molecule has 2 aromatic carbocycles. The largest absolute Gasteiger partial charge is 0.493 e. The van der Waals surface area contributed by atoms with Crippen LogP contribution < -0.4 is 5.56 Å². The van der Waals surface area contributed by atoms with Crippen LogP contribution in [0, 0.1) is 6.92 Å². The Morgan fingerprint density at radius 3 is 2.82 bits per heavy atom. The van der Waals surface area contributed by atoms with E-state index >= 15 is 0 Å². The fourth-order valence-electron chi connectivity index (χ4n) is 3.04. The minimum atomic E-state index is -0.887. The zero-order chi connectivity index (χ0) is 19.8. The van der Waals surface area contributed by atoms with Gasteiger partial charge in [0.15, 0.2) is 5.69 Å². The smallest absolute Gasteiger partial charge is 0.287 e. The molecule has 8 nitrogen and oxygen atoms in total. The highest BCUT2D eigenvalue weighted by Crippen LogP contribution is 2.36. The van der Waals surface area contributed by atoms with Crippen molar-refractivity contribution in [2.24, 2.45) is 10.2 Å². The fourth-order valence-corrected chi connectivity index (χ4v) is 3.04. The Morgan fingerprint density at radius 1 is 1.21 bits per heavy atom. The van der Waals surface area contributed by atoms with Crippen molar-refractivity contribution in [1.29, 1.82) is 0 Å². The molecule has 0 saturated heterocycles. The molecule has 0 spiro atoms. The number of aromatic nitrogens is 3. The topological polar surface area (TPSA) is 113 Å². The second-order valence-corrected chi connectivity index (χ2v) is 6.56. The van der Waals surface area contributed by atoms with Crippen molar-refractivity contribution < 1.29 is 9.90 Å². The molecule has 28 heavy (non-hydrogen) atoms. The molecule has 0 radical (unpaired) electrons. The number of aromatic hydroxyl groups is 1. The lowest BCUT2D eigenvalue weighted by Gasteiger charge is -2.11. The molecular formula is C20H17N5O3. The molecule has 0 fully saturated rings. The lowest BCUT2D eigenvalue weighted by molar-refractivity contribution is -0.121. The summed E-state index contributed by atoms with van der Waals surface area (Å²) in [7, 11) is 0. The number of carbonyl (C=O) groups is 1. The Balaban J connectivity index is 1.67. The maximum Gasteiger partial charge on any atom is 0.287 e. The standard InChI is InChI=1S/C20H17N5O3/c1-11-7-8-16-14(9-11)17(19(27)22-16)23-24-18(26)12(2)25-10-21-15-6-4-3-5-13(15)20(25)28/h3-10,12,22,27H,1-2H3.